The second-order valence-corrected chi connectivity index (χ2v) is 4.79. The molecule has 0 amide bonds. The van der Waals surface area contributed by atoms with Gasteiger partial charge >= 0.3 is 6.18 Å². The van der Waals surface area contributed by atoms with Gasteiger partial charge in [-0.15, -0.1) is 0 Å². The van der Waals surface area contributed by atoms with E-state index >= 15 is 0 Å². The van der Waals surface area contributed by atoms with Crippen molar-refractivity contribution >= 4 is 11.6 Å². The molecule has 0 fully saturated rings. The van der Waals surface area contributed by atoms with E-state index in [1.807, 2.05) is 6.92 Å². The number of halogens is 4. The summed E-state index contributed by atoms with van der Waals surface area (Å²) in [6.45, 7) is 2.30. The minimum Gasteiger partial charge on any atom is -0.305 e. The highest BCUT2D eigenvalue weighted by Crippen LogP contribution is 2.35. The summed E-state index contributed by atoms with van der Waals surface area (Å²) in [6.07, 6.45) is -0.694. The fraction of sp³-hybridized carbons (Fsp3) is 0.286. The van der Waals surface area contributed by atoms with Crippen molar-refractivity contribution in [2.75, 3.05) is 6.54 Å². The van der Waals surface area contributed by atoms with Crippen molar-refractivity contribution in [3.8, 4) is 0 Å². The van der Waals surface area contributed by atoms with E-state index in [0.29, 0.717) is 17.3 Å². The first kappa shape index (κ1) is 15.7. The van der Waals surface area contributed by atoms with Crippen molar-refractivity contribution in [1.82, 2.24) is 15.3 Å². The average molecular weight is 316 g/mol. The molecule has 2 aromatic heterocycles. The van der Waals surface area contributed by atoms with E-state index in [1.54, 1.807) is 12.1 Å². The largest absolute Gasteiger partial charge is 0.416 e. The zero-order valence-corrected chi connectivity index (χ0v) is 11.9. The first-order chi connectivity index (χ1) is 9.93. The van der Waals surface area contributed by atoms with Crippen LogP contribution in [0.25, 0.3) is 0 Å². The van der Waals surface area contributed by atoms with E-state index in [2.05, 4.69) is 15.3 Å². The summed E-state index contributed by atoms with van der Waals surface area (Å²) in [5, 5.41) is 3.43. The lowest BCUT2D eigenvalue weighted by Crippen LogP contribution is -2.26. The summed E-state index contributed by atoms with van der Waals surface area (Å²) in [4.78, 5) is 7.92. The first-order valence-corrected chi connectivity index (χ1v) is 6.67. The Hall–Kier alpha value is -1.66. The van der Waals surface area contributed by atoms with Crippen molar-refractivity contribution in [2.45, 2.75) is 19.1 Å². The molecule has 112 valence electrons. The normalized spacial score (nSPS) is 13.2. The zero-order valence-electron chi connectivity index (χ0n) is 11.2. The maximum atomic E-state index is 13.1. The predicted molar refractivity (Wildman–Crippen MR) is 74.0 cm³/mol. The molecule has 0 saturated carbocycles. The molecule has 0 saturated heterocycles. The van der Waals surface area contributed by atoms with Gasteiger partial charge in [0.05, 0.1) is 22.3 Å². The fourth-order valence-electron chi connectivity index (χ4n) is 2.03. The smallest absolute Gasteiger partial charge is 0.305 e. The minimum absolute atomic E-state index is 0.0432. The number of pyridine rings is 2. The number of nitrogens with zero attached hydrogens (tertiary/aromatic N) is 2. The Morgan fingerprint density at radius 2 is 2.00 bits per heavy atom. The van der Waals surface area contributed by atoms with Gasteiger partial charge in [-0.1, -0.05) is 18.5 Å². The molecule has 2 heterocycles. The topological polar surface area (TPSA) is 37.8 Å². The Balaban J connectivity index is 2.51. The van der Waals surface area contributed by atoms with Crippen LogP contribution in [0.1, 0.15) is 29.8 Å². The lowest BCUT2D eigenvalue weighted by atomic mass is 9.99. The van der Waals surface area contributed by atoms with Crippen LogP contribution in [-0.4, -0.2) is 16.5 Å². The molecule has 0 aliphatic heterocycles. The van der Waals surface area contributed by atoms with Gasteiger partial charge < -0.3 is 5.32 Å². The summed E-state index contributed by atoms with van der Waals surface area (Å²) in [6, 6.07) is 3.47. The molecular weight excluding hydrogens is 303 g/mol. The van der Waals surface area contributed by atoms with E-state index in [1.165, 1.54) is 12.4 Å². The van der Waals surface area contributed by atoms with Crippen molar-refractivity contribution in [2.24, 2.45) is 0 Å². The SMILES string of the molecule is CCNC(c1ccc(Cl)cn1)c1cnccc1C(F)(F)F. The summed E-state index contributed by atoms with van der Waals surface area (Å²) in [5.74, 6) is 0. The predicted octanol–water partition coefficient (Wildman–Crippen LogP) is 3.85. The minimum atomic E-state index is -4.45. The van der Waals surface area contributed by atoms with Crippen molar-refractivity contribution in [3.63, 3.8) is 0 Å². The lowest BCUT2D eigenvalue weighted by molar-refractivity contribution is -0.138. The number of alkyl halides is 3. The highest BCUT2D eigenvalue weighted by molar-refractivity contribution is 6.30. The standard InChI is InChI=1S/C14H13ClF3N3/c1-2-20-13(12-4-3-9(15)7-21-12)10-8-19-6-5-11(10)14(16,17)18/h3-8,13,20H,2H2,1H3. The molecule has 0 aliphatic carbocycles. The van der Waals surface area contributed by atoms with Crippen molar-refractivity contribution in [3.05, 3.63) is 58.6 Å². The van der Waals surface area contributed by atoms with Crippen LogP contribution in [0.2, 0.25) is 5.02 Å². The second kappa shape index (κ2) is 6.41. The number of nitrogens with one attached hydrogen (secondary N) is 1. The highest BCUT2D eigenvalue weighted by Gasteiger charge is 2.35. The molecule has 2 rings (SSSR count). The average Bonchev–Trinajstić information content (AvgIpc) is 2.45. The Morgan fingerprint density at radius 3 is 2.57 bits per heavy atom. The van der Waals surface area contributed by atoms with E-state index in [-0.39, 0.29) is 5.56 Å². The van der Waals surface area contributed by atoms with Crippen LogP contribution in [0, 0.1) is 0 Å². The molecule has 0 spiro atoms. The third kappa shape index (κ3) is 3.71. The van der Waals surface area contributed by atoms with Crippen LogP contribution in [0.5, 0.6) is 0 Å². The molecule has 7 heteroatoms. The van der Waals surface area contributed by atoms with Gasteiger partial charge in [-0.05, 0) is 24.7 Å². The summed E-state index contributed by atoms with van der Waals surface area (Å²) in [5.41, 5.74) is -0.221. The van der Waals surface area contributed by atoms with Crippen LogP contribution >= 0.6 is 11.6 Å². The Morgan fingerprint density at radius 1 is 1.24 bits per heavy atom. The van der Waals surface area contributed by atoms with Crippen molar-refractivity contribution < 1.29 is 13.2 Å². The summed E-state index contributed by atoms with van der Waals surface area (Å²) >= 11 is 5.77. The van der Waals surface area contributed by atoms with Gasteiger partial charge in [0.1, 0.15) is 0 Å². The van der Waals surface area contributed by atoms with Gasteiger partial charge in [0.25, 0.3) is 0 Å². The monoisotopic (exact) mass is 315 g/mol. The van der Waals surface area contributed by atoms with Crippen LogP contribution < -0.4 is 5.32 Å². The number of aromatic nitrogens is 2. The molecule has 0 radical (unpaired) electrons. The summed E-state index contributed by atoms with van der Waals surface area (Å²) in [7, 11) is 0. The molecular formula is C14H13ClF3N3. The Labute approximate surface area is 125 Å². The fourth-order valence-corrected chi connectivity index (χ4v) is 2.14. The molecule has 3 nitrogen and oxygen atoms in total. The van der Waals surface area contributed by atoms with E-state index in [9.17, 15) is 13.2 Å². The molecule has 2 aromatic rings. The zero-order chi connectivity index (χ0) is 15.5. The van der Waals surface area contributed by atoms with Crippen molar-refractivity contribution in [1.29, 1.82) is 0 Å². The molecule has 1 atom stereocenters. The third-order valence-electron chi connectivity index (χ3n) is 2.92. The van der Waals surface area contributed by atoms with E-state index < -0.39 is 17.8 Å². The molecule has 1 N–H and O–H groups in total. The number of rotatable bonds is 4. The maximum Gasteiger partial charge on any atom is 0.416 e. The highest BCUT2D eigenvalue weighted by atomic mass is 35.5. The molecule has 0 aliphatic rings. The maximum absolute atomic E-state index is 13.1. The van der Waals surface area contributed by atoms with Gasteiger partial charge in [-0.3, -0.25) is 9.97 Å². The second-order valence-electron chi connectivity index (χ2n) is 4.35. The molecule has 0 bridgehead atoms. The summed E-state index contributed by atoms with van der Waals surface area (Å²) < 4.78 is 39.4. The number of hydrogen-bond donors (Lipinski definition) is 1. The molecule has 1 unspecified atom stereocenters. The van der Waals surface area contributed by atoms with Gasteiger partial charge in [0.15, 0.2) is 0 Å². The van der Waals surface area contributed by atoms with Crippen LogP contribution in [-0.2, 0) is 6.18 Å². The van der Waals surface area contributed by atoms with Gasteiger partial charge in [-0.2, -0.15) is 13.2 Å². The number of hydrogen-bond acceptors (Lipinski definition) is 3. The quantitative estimate of drug-likeness (QED) is 0.931. The van der Waals surface area contributed by atoms with Gasteiger partial charge in [0.2, 0.25) is 0 Å². The van der Waals surface area contributed by atoms with Crippen LogP contribution in [0.3, 0.4) is 0 Å². The van der Waals surface area contributed by atoms with Crippen LogP contribution in [0.15, 0.2) is 36.8 Å². The molecule has 0 aromatic carbocycles. The third-order valence-corrected chi connectivity index (χ3v) is 3.15. The molecule has 21 heavy (non-hydrogen) atoms. The Kier molecular flexibility index (Phi) is 4.80. The van der Waals surface area contributed by atoms with Gasteiger partial charge in [0, 0.05) is 24.2 Å². The Bertz CT molecular complexity index is 599. The lowest BCUT2D eigenvalue weighted by Gasteiger charge is -2.21. The van der Waals surface area contributed by atoms with E-state index in [4.69, 9.17) is 11.6 Å². The first-order valence-electron chi connectivity index (χ1n) is 6.29. The van der Waals surface area contributed by atoms with Gasteiger partial charge in [-0.25, -0.2) is 0 Å². The van der Waals surface area contributed by atoms with Crippen LogP contribution in [0.4, 0.5) is 13.2 Å². The van der Waals surface area contributed by atoms with E-state index in [0.717, 1.165) is 12.3 Å².